The number of fused-ring (bicyclic) bond motifs is 1. The second-order valence-corrected chi connectivity index (χ2v) is 3.08. The zero-order valence-corrected chi connectivity index (χ0v) is 7.93. The molecule has 1 atom stereocenters. The zero-order valence-electron chi connectivity index (χ0n) is 7.93. The quantitative estimate of drug-likeness (QED) is 0.728. The van der Waals surface area contributed by atoms with Crippen molar-refractivity contribution in [3.8, 4) is 11.5 Å². The zero-order chi connectivity index (χ0) is 9.97. The van der Waals surface area contributed by atoms with Gasteiger partial charge in [-0.1, -0.05) is 18.2 Å². The van der Waals surface area contributed by atoms with Crippen LogP contribution < -0.4 is 9.47 Å². The summed E-state index contributed by atoms with van der Waals surface area (Å²) >= 11 is 0. The monoisotopic (exact) mass is 192 g/mol. The van der Waals surface area contributed by atoms with Crippen LogP contribution in [0.15, 0.2) is 30.4 Å². The number of ether oxygens (including phenoxy) is 2. The molecule has 3 heteroatoms. The second kappa shape index (κ2) is 3.72. The van der Waals surface area contributed by atoms with Crippen LogP contribution in [0, 0.1) is 0 Å². The Bertz CT molecular complexity index is 358. The van der Waals surface area contributed by atoms with Crippen molar-refractivity contribution in [2.75, 3.05) is 6.79 Å². The van der Waals surface area contributed by atoms with E-state index >= 15 is 0 Å². The van der Waals surface area contributed by atoms with Gasteiger partial charge in [-0.15, -0.1) is 0 Å². The second-order valence-electron chi connectivity index (χ2n) is 3.08. The van der Waals surface area contributed by atoms with Gasteiger partial charge >= 0.3 is 0 Å². The lowest BCUT2D eigenvalue weighted by atomic mass is 10.1. The van der Waals surface area contributed by atoms with Gasteiger partial charge in [0, 0.05) is 0 Å². The maximum Gasteiger partial charge on any atom is 0.231 e. The van der Waals surface area contributed by atoms with E-state index in [2.05, 4.69) is 0 Å². The Morgan fingerprint density at radius 1 is 1.36 bits per heavy atom. The molecule has 2 rings (SSSR count). The predicted octanol–water partition coefficient (Wildman–Crippen LogP) is 2.02. The number of aliphatic hydroxyl groups is 1. The van der Waals surface area contributed by atoms with Crippen LogP contribution in [-0.2, 0) is 0 Å². The van der Waals surface area contributed by atoms with E-state index in [-0.39, 0.29) is 6.79 Å². The Hall–Kier alpha value is -1.48. The van der Waals surface area contributed by atoms with Crippen molar-refractivity contribution >= 4 is 0 Å². The van der Waals surface area contributed by atoms with Crippen molar-refractivity contribution in [3.05, 3.63) is 35.9 Å². The minimum atomic E-state index is -0.575. The Morgan fingerprint density at radius 2 is 2.14 bits per heavy atom. The van der Waals surface area contributed by atoms with Gasteiger partial charge < -0.3 is 14.6 Å². The lowest BCUT2D eigenvalue weighted by molar-refractivity contribution is 0.173. The minimum absolute atomic E-state index is 0.262. The van der Waals surface area contributed by atoms with Gasteiger partial charge in [-0.3, -0.25) is 0 Å². The Morgan fingerprint density at radius 3 is 2.93 bits per heavy atom. The summed E-state index contributed by atoms with van der Waals surface area (Å²) in [6, 6.07) is 5.44. The molecule has 1 aromatic rings. The van der Waals surface area contributed by atoms with Gasteiger partial charge in [0.1, 0.15) is 0 Å². The lowest BCUT2D eigenvalue weighted by Gasteiger charge is -2.06. The maximum absolute atomic E-state index is 9.67. The molecule has 0 radical (unpaired) electrons. The molecule has 0 amide bonds. The molecule has 1 aliphatic heterocycles. The van der Waals surface area contributed by atoms with Crippen molar-refractivity contribution in [1.29, 1.82) is 0 Å². The number of aliphatic hydroxyl groups excluding tert-OH is 1. The van der Waals surface area contributed by atoms with E-state index in [1.807, 2.05) is 25.1 Å². The lowest BCUT2D eigenvalue weighted by Crippen LogP contribution is -1.93. The van der Waals surface area contributed by atoms with E-state index in [0.29, 0.717) is 5.75 Å². The first kappa shape index (κ1) is 9.09. The molecule has 1 N–H and O–H groups in total. The van der Waals surface area contributed by atoms with Gasteiger partial charge in [0.2, 0.25) is 6.79 Å². The third-order valence-corrected chi connectivity index (χ3v) is 2.11. The first-order valence-corrected chi connectivity index (χ1v) is 4.51. The molecule has 14 heavy (non-hydrogen) atoms. The Kier molecular flexibility index (Phi) is 2.41. The van der Waals surface area contributed by atoms with E-state index in [4.69, 9.17) is 9.47 Å². The topological polar surface area (TPSA) is 38.7 Å². The first-order valence-electron chi connectivity index (χ1n) is 4.51. The van der Waals surface area contributed by atoms with Gasteiger partial charge in [-0.25, -0.2) is 0 Å². The van der Waals surface area contributed by atoms with Crippen molar-refractivity contribution in [2.45, 2.75) is 13.0 Å². The summed E-state index contributed by atoms with van der Waals surface area (Å²) in [5.41, 5.74) is 0.812. The summed E-state index contributed by atoms with van der Waals surface area (Å²) in [6.45, 7) is 2.13. The average Bonchev–Trinajstić information content (AvgIpc) is 2.64. The van der Waals surface area contributed by atoms with E-state index in [9.17, 15) is 5.11 Å². The van der Waals surface area contributed by atoms with Crippen LogP contribution in [0.3, 0.4) is 0 Å². The summed E-state index contributed by atoms with van der Waals surface area (Å²) in [7, 11) is 0. The molecule has 0 fully saturated rings. The fraction of sp³-hybridized carbons (Fsp3) is 0.273. The number of benzene rings is 1. The van der Waals surface area contributed by atoms with E-state index < -0.39 is 6.10 Å². The smallest absolute Gasteiger partial charge is 0.231 e. The number of rotatable bonds is 2. The van der Waals surface area contributed by atoms with Crippen LogP contribution >= 0.6 is 0 Å². The summed E-state index contributed by atoms with van der Waals surface area (Å²) < 4.78 is 10.4. The van der Waals surface area contributed by atoms with Gasteiger partial charge in [-0.2, -0.15) is 0 Å². The normalized spacial score (nSPS) is 16.1. The van der Waals surface area contributed by atoms with Crippen LogP contribution in [-0.4, -0.2) is 11.9 Å². The first-order chi connectivity index (χ1) is 6.81. The highest BCUT2D eigenvalue weighted by Gasteiger charge is 2.14. The summed E-state index contributed by atoms with van der Waals surface area (Å²) in [6.07, 6.45) is 2.96. The molecule has 0 saturated carbocycles. The molecule has 0 aliphatic carbocycles. The van der Waals surface area contributed by atoms with E-state index in [0.717, 1.165) is 11.3 Å². The number of hydrogen-bond acceptors (Lipinski definition) is 3. The molecule has 1 aliphatic rings. The standard InChI is InChI=1S/C11H12O3/c1-2-3-9(12)8-4-5-10-11(6-8)14-7-13-10/h2-6,9,12H,7H2,1H3/b3-2+. The third kappa shape index (κ3) is 1.59. The van der Waals surface area contributed by atoms with Gasteiger partial charge in [-0.05, 0) is 24.6 Å². The molecule has 0 bridgehead atoms. The van der Waals surface area contributed by atoms with Gasteiger partial charge in [0.15, 0.2) is 11.5 Å². The molecule has 1 unspecified atom stereocenters. The van der Waals surface area contributed by atoms with Gasteiger partial charge in [0.25, 0.3) is 0 Å². The highest BCUT2D eigenvalue weighted by molar-refractivity contribution is 5.45. The van der Waals surface area contributed by atoms with Crippen molar-refractivity contribution in [1.82, 2.24) is 0 Å². The van der Waals surface area contributed by atoms with Crippen LogP contribution in [0.5, 0.6) is 11.5 Å². The number of hydrogen-bond donors (Lipinski definition) is 1. The molecule has 74 valence electrons. The van der Waals surface area contributed by atoms with Crippen LogP contribution in [0.4, 0.5) is 0 Å². The molecular weight excluding hydrogens is 180 g/mol. The van der Waals surface area contributed by atoms with Crippen LogP contribution in [0.25, 0.3) is 0 Å². The maximum atomic E-state index is 9.67. The van der Waals surface area contributed by atoms with E-state index in [1.54, 1.807) is 12.1 Å². The minimum Gasteiger partial charge on any atom is -0.454 e. The summed E-state index contributed by atoms with van der Waals surface area (Å²) in [5, 5.41) is 9.67. The van der Waals surface area contributed by atoms with Crippen molar-refractivity contribution in [3.63, 3.8) is 0 Å². The summed E-state index contributed by atoms with van der Waals surface area (Å²) in [4.78, 5) is 0. The molecule has 1 aromatic carbocycles. The molecule has 0 saturated heterocycles. The third-order valence-electron chi connectivity index (χ3n) is 2.11. The fourth-order valence-corrected chi connectivity index (χ4v) is 1.39. The fourth-order valence-electron chi connectivity index (χ4n) is 1.39. The van der Waals surface area contributed by atoms with Crippen molar-refractivity contribution < 1.29 is 14.6 Å². The molecule has 3 nitrogen and oxygen atoms in total. The Labute approximate surface area is 82.6 Å². The molecule has 0 spiro atoms. The highest BCUT2D eigenvalue weighted by atomic mass is 16.7. The van der Waals surface area contributed by atoms with Gasteiger partial charge in [0.05, 0.1) is 6.10 Å². The van der Waals surface area contributed by atoms with E-state index in [1.165, 1.54) is 0 Å². The number of allylic oxidation sites excluding steroid dienone is 1. The highest BCUT2D eigenvalue weighted by Crippen LogP contribution is 2.34. The average molecular weight is 192 g/mol. The SMILES string of the molecule is C/C=C/C(O)c1ccc2c(c1)OCO2. The predicted molar refractivity (Wildman–Crippen MR) is 52.3 cm³/mol. The van der Waals surface area contributed by atoms with Crippen LogP contribution in [0.2, 0.25) is 0 Å². The summed E-state index contributed by atoms with van der Waals surface area (Å²) in [5.74, 6) is 1.44. The largest absolute Gasteiger partial charge is 0.454 e. The Balaban J connectivity index is 2.28. The molecular formula is C11H12O3. The molecule has 0 aromatic heterocycles. The van der Waals surface area contributed by atoms with Crippen molar-refractivity contribution in [2.24, 2.45) is 0 Å². The molecule has 1 heterocycles. The van der Waals surface area contributed by atoms with Crippen LogP contribution in [0.1, 0.15) is 18.6 Å².